The zero-order valence-electron chi connectivity index (χ0n) is 18.5. The molecule has 2 heterocycles. The maximum absolute atomic E-state index is 13.2. The molecule has 1 aliphatic rings. The summed E-state index contributed by atoms with van der Waals surface area (Å²) in [6.07, 6.45) is 4.60. The Bertz CT molecular complexity index is 1250. The summed E-state index contributed by atoms with van der Waals surface area (Å²) in [6.45, 7) is 2.21. The molecule has 5 heteroatoms. The van der Waals surface area contributed by atoms with Crippen LogP contribution in [0.2, 0.25) is 5.02 Å². The minimum Gasteiger partial charge on any atom is -0.489 e. The van der Waals surface area contributed by atoms with Crippen molar-refractivity contribution in [2.24, 2.45) is 0 Å². The second-order valence-corrected chi connectivity index (χ2v) is 9.06. The highest BCUT2D eigenvalue weighted by molar-refractivity contribution is 6.31. The molecule has 1 unspecified atom stereocenters. The zero-order valence-corrected chi connectivity index (χ0v) is 19.2. The standard InChI is InChI=1S/C28H27ClN2O2/c29-22-11-12-27-25(16-22)26(18-30-27)24(17-28(32)31-13-4-5-14-31)21-9-6-10-23(15-21)33-19-20-7-2-1-3-8-20/h1-3,6-12,15-16,18,24,30H,4-5,13-14,17,19H2. The number of nitrogens with zero attached hydrogens (tertiary/aromatic N) is 1. The number of hydrogen-bond donors (Lipinski definition) is 1. The molecule has 1 amide bonds. The molecule has 0 radical (unpaired) electrons. The Morgan fingerprint density at radius 1 is 1.00 bits per heavy atom. The lowest BCUT2D eigenvalue weighted by Gasteiger charge is -2.22. The molecule has 33 heavy (non-hydrogen) atoms. The first kappa shape index (κ1) is 21.6. The largest absolute Gasteiger partial charge is 0.489 e. The van der Waals surface area contributed by atoms with Crippen molar-refractivity contribution in [3.05, 3.63) is 101 Å². The van der Waals surface area contributed by atoms with Gasteiger partial charge in [0.2, 0.25) is 5.91 Å². The highest BCUT2D eigenvalue weighted by Gasteiger charge is 2.26. The first-order valence-electron chi connectivity index (χ1n) is 11.5. The Labute approximate surface area is 199 Å². The third-order valence-corrected chi connectivity index (χ3v) is 6.63. The summed E-state index contributed by atoms with van der Waals surface area (Å²) in [5.41, 5.74) is 4.29. The van der Waals surface area contributed by atoms with Crippen LogP contribution in [0.25, 0.3) is 10.9 Å². The molecular formula is C28H27ClN2O2. The Morgan fingerprint density at radius 3 is 2.64 bits per heavy atom. The van der Waals surface area contributed by atoms with E-state index in [1.165, 1.54) is 0 Å². The lowest BCUT2D eigenvalue weighted by molar-refractivity contribution is -0.130. The number of rotatable bonds is 7. The normalized spacial score (nSPS) is 14.5. The maximum atomic E-state index is 13.2. The quantitative estimate of drug-likeness (QED) is 0.341. The molecule has 1 N–H and O–H groups in total. The Hall–Kier alpha value is -3.24. The molecule has 4 aromatic rings. The number of H-pyrrole nitrogens is 1. The number of hydrogen-bond acceptors (Lipinski definition) is 2. The molecule has 0 saturated carbocycles. The van der Waals surface area contributed by atoms with E-state index in [0.29, 0.717) is 18.1 Å². The third kappa shape index (κ3) is 4.91. The summed E-state index contributed by atoms with van der Waals surface area (Å²) in [7, 11) is 0. The first-order valence-corrected chi connectivity index (χ1v) is 11.9. The second-order valence-electron chi connectivity index (χ2n) is 8.63. The van der Waals surface area contributed by atoms with Crippen LogP contribution in [0.5, 0.6) is 5.75 Å². The fraction of sp³-hybridized carbons (Fsp3) is 0.250. The average molecular weight is 459 g/mol. The van der Waals surface area contributed by atoms with Crippen molar-refractivity contribution in [3.63, 3.8) is 0 Å². The van der Waals surface area contributed by atoms with Gasteiger partial charge < -0.3 is 14.6 Å². The Kier molecular flexibility index (Phi) is 6.36. The lowest BCUT2D eigenvalue weighted by Crippen LogP contribution is -2.29. The predicted octanol–water partition coefficient (Wildman–Crippen LogP) is 6.54. The van der Waals surface area contributed by atoms with Gasteiger partial charge in [0, 0.05) is 47.6 Å². The Morgan fingerprint density at radius 2 is 1.82 bits per heavy atom. The number of aromatic nitrogens is 1. The van der Waals surface area contributed by atoms with Gasteiger partial charge in [0.1, 0.15) is 12.4 Å². The highest BCUT2D eigenvalue weighted by atomic mass is 35.5. The molecule has 0 spiro atoms. The molecule has 1 saturated heterocycles. The van der Waals surface area contributed by atoms with Gasteiger partial charge >= 0.3 is 0 Å². The predicted molar refractivity (Wildman–Crippen MR) is 133 cm³/mol. The molecule has 3 aromatic carbocycles. The molecule has 0 aliphatic carbocycles. The number of ether oxygens (including phenoxy) is 1. The van der Waals surface area contributed by atoms with E-state index >= 15 is 0 Å². The van der Waals surface area contributed by atoms with Crippen molar-refractivity contribution in [1.82, 2.24) is 9.88 Å². The van der Waals surface area contributed by atoms with E-state index < -0.39 is 0 Å². The maximum Gasteiger partial charge on any atom is 0.223 e. The number of halogens is 1. The van der Waals surface area contributed by atoms with Crippen LogP contribution in [0, 0.1) is 0 Å². The summed E-state index contributed by atoms with van der Waals surface area (Å²) in [5, 5.41) is 1.74. The van der Waals surface area contributed by atoms with Crippen molar-refractivity contribution < 1.29 is 9.53 Å². The molecule has 1 aromatic heterocycles. The molecule has 4 nitrogen and oxygen atoms in total. The van der Waals surface area contributed by atoms with Gasteiger partial charge in [0.05, 0.1) is 0 Å². The molecule has 5 rings (SSSR count). The van der Waals surface area contributed by atoms with Crippen LogP contribution in [0.1, 0.15) is 41.9 Å². The monoisotopic (exact) mass is 458 g/mol. The summed E-state index contributed by atoms with van der Waals surface area (Å²) >= 11 is 6.32. The van der Waals surface area contributed by atoms with Gasteiger partial charge in [-0.3, -0.25) is 4.79 Å². The number of carbonyl (C=O) groups is 1. The van der Waals surface area contributed by atoms with Gasteiger partial charge in [-0.25, -0.2) is 0 Å². The van der Waals surface area contributed by atoms with Crippen molar-refractivity contribution in [1.29, 1.82) is 0 Å². The van der Waals surface area contributed by atoms with Crippen molar-refractivity contribution >= 4 is 28.4 Å². The lowest BCUT2D eigenvalue weighted by atomic mass is 9.87. The third-order valence-electron chi connectivity index (χ3n) is 6.40. The van der Waals surface area contributed by atoms with Crippen LogP contribution in [0.15, 0.2) is 79.0 Å². The van der Waals surface area contributed by atoms with E-state index in [9.17, 15) is 4.79 Å². The summed E-state index contributed by atoms with van der Waals surface area (Å²) in [5.74, 6) is 0.905. The number of nitrogens with one attached hydrogen (secondary N) is 1. The molecule has 1 aliphatic heterocycles. The molecule has 1 atom stereocenters. The number of amides is 1. The zero-order chi connectivity index (χ0) is 22.6. The van der Waals surface area contributed by atoms with E-state index in [4.69, 9.17) is 16.3 Å². The minimum atomic E-state index is -0.0920. The summed E-state index contributed by atoms with van der Waals surface area (Å²) < 4.78 is 6.09. The van der Waals surface area contributed by atoms with Gasteiger partial charge in [-0.1, -0.05) is 54.1 Å². The van der Waals surface area contributed by atoms with Crippen LogP contribution in [0.4, 0.5) is 0 Å². The summed E-state index contributed by atoms with van der Waals surface area (Å²) in [4.78, 5) is 18.5. The topological polar surface area (TPSA) is 45.3 Å². The van der Waals surface area contributed by atoms with Gasteiger partial charge in [-0.05, 0) is 59.9 Å². The van der Waals surface area contributed by atoms with Crippen LogP contribution in [-0.4, -0.2) is 28.9 Å². The molecule has 1 fully saturated rings. The number of fused-ring (bicyclic) bond motifs is 1. The van der Waals surface area contributed by atoms with Crippen molar-refractivity contribution in [2.75, 3.05) is 13.1 Å². The SMILES string of the molecule is O=C(CC(c1cccc(OCc2ccccc2)c1)c1c[nH]c2ccc(Cl)cc12)N1CCCC1. The van der Waals surface area contributed by atoms with E-state index in [0.717, 1.165) is 59.3 Å². The fourth-order valence-electron chi connectivity index (χ4n) is 4.64. The Balaban J connectivity index is 1.47. The number of carbonyl (C=O) groups excluding carboxylic acids is 1. The van der Waals surface area contributed by atoms with Crippen LogP contribution >= 0.6 is 11.6 Å². The molecule has 0 bridgehead atoms. The highest BCUT2D eigenvalue weighted by Crippen LogP contribution is 2.36. The second kappa shape index (κ2) is 9.72. The van der Waals surface area contributed by atoms with E-state index in [1.54, 1.807) is 0 Å². The number of benzene rings is 3. The van der Waals surface area contributed by atoms with Gasteiger partial charge in [0.25, 0.3) is 0 Å². The molecule has 168 valence electrons. The smallest absolute Gasteiger partial charge is 0.223 e. The van der Waals surface area contributed by atoms with Crippen molar-refractivity contribution in [2.45, 2.75) is 31.8 Å². The van der Waals surface area contributed by atoms with Crippen molar-refractivity contribution in [3.8, 4) is 5.75 Å². The van der Waals surface area contributed by atoms with Crippen LogP contribution < -0.4 is 4.74 Å². The van der Waals surface area contributed by atoms with Crippen LogP contribution in [0.3, 0.4) is 0 Å². The van der Waals surface area contributed by atoms with E-state index in [2.05, 4.69) is 29.2 Å². The fourth-order valence-corrected chi connectivity index (χ4v) is 4.81. The minimum absolute atomic E-state index is 0.0920. The van der Waals surface area contributed by atoms with E-state index in [1.807, 2.05) is 59.6 Å². The number of likely N-dealkylation sites (tertiary alicyclic amines) is 1. The summed E-state index contributed by atoms with van der Waals surface area (Å²) in [6, 6.07) is 24.1. The molecular weight excluding hydrogens is 432 g/mol. The van der Waals surface area contributed by atoms with Crippen LogP contribution in [-0.2, 0) is 11.4 Å². The average Bonchev–Trinajstić information content (AvgIpc) is 3.52. The number of aromatic amines is 1. The first-order chi connectivity index (χ1) is 16.2. The van der Waals surface area contributed by atoms with Gasteiger partial charge in [-0.15, -0.1) is 0 Å². The van der Waals surface area contributed by atoms with Gasteiger partial charge in [0.15, 0.2) is 0 Å². The van der Waals surface area contributed by atoms with Gasteiger partial charge in [-0.2, -0.15) is 0 Å². The van der Waals surface area contributed by atoms with E-state index in [-0.39, 0.29) is 11.8 Å².